The van der Waals surface area contributed by atoms with E-state index in [0.717, 1.165) is 0 Å². The maximum atomic E-state index is 12.3. The molecule has 0 aliphatic rings. The van der Waals surface area contributed by atoms with Crippen LogP contribution in [0.1, 0.15) is 18.1 Å². The number of oxime groups is 1. The van der Waals surface area contributed by atoms with E-state index in [1.54, 1.807) is 18.2 Å². The van der Waals surface area contributed by atoms with Crippen LogP contribution < -0.4 is 14.8 Å². The number of amides is 1. The first-order chi connectivity index (χ1) is 13.4. The molecule has 0 saturated carbocycles. The second-order valence-electron chi connectivity index (χ2n) is 5.45. The number of hydrogen-bond donors (Lipinski definition) is 1. The monoisotopic (exact) mass is 389 g/mol. The van der Waals surface area contributed by atoms with Gasteiger partial charge in [-0.25, -0.2) is 0 Å². The number of nitrogens with one attached hydrogen (secondary N) is 1. The molecule has 1 amide bonds. The van der Waals surface area contributed by atoms with Gasteiger partial charge in [0.15, 0.2) is 11.5 Å². The van der Waals surface area contributed by atoms with E-state index in [2.05, 4.69) is 15.2 Å². The number of nitrogens with zero attached hydrogens (tertiary/aromatic N) is 2. The van der Waals surface area contributed by atoms with Crippen molar-refractivity contribution in [1.82, 2.24) is 0 Å². The summed E-state index contributed by atoms with van der Waals surface area (Å²) in [6, 6.07) is 12.6. The Kier molecular flexibility index (Phi) is 7.28. The van der Waals surface area contributed by atoms with Crippen LogP contribution in [0.25, 0.3) is 0 Å². The maximum Gasteiger partial charge on any atom is 0.387 e. The van der Waals surface area contributed by atoms with Gasteiger partial charge >= 0.3 is 6.61 Å². The van der Waals surface area contributed by atoms with E-state index in [1.165, 1.54) is 44.5 Å². The Morgan fingerprint density at radius 1 is 1.25 bits per heavy atom. The minimum absolute atomic E-state index is 0.104. The van der Waals surface area contributed by atoms with Crippen molar-refractivity contribution < 1.29 is 27.9 Å². The van der Waals surface area contributed by atoms with E-state index in [0.29, 0.717) is 16.8 Å². The van der Waals surface area contributed by atoms with Gasteiger partial charge in [0.25, 0.3) is 5.91 Å². The third-order valence-electron chi connectivity index (χ3n) is 3.45. The molecule has 1 N–H and O–H groups in total. The summed E-state index contributed by atoms with van der Waals surface area (Å²) in [5.41, 5.74) is 1.37. The van der Waals surface area contributed by atoms with Crippen molar-refractivity contribution in [2.24, 2.45) is 5.16 Å². The van der Waals surface area contributed by atoms with Crippen molar-refractivity contribution in [2.75, 3.05) is 12.4 Å². The lowest BCUT2D eigenvalue weighted by Gasteiger charge is -2.11. The SMILES string of the molecule is COc1cc(/C=N/OC(C)C(=O)Nc2cccc(C#N)c2)ccc1OC(F)F. The van der Waals surface area contributed by atoms with E-state index in [4.69, 9.17) is 14.8 Å². The molecule has 0 heterocycles. The van der Waals surface area contributed by atoms with E-state index in [9.17, 15) is 13.6 Å². The van der Waals surface area contributed by atoms with Gasteiger partial charge in [0, 0.05) is 11.3 Å². The van der Waals surface area contributed by atoms with Gasteiger partial charge < -0.3 is 19.6 Å². The van der Waals surface area contributed by atoms with Crippen LogP contribution in [-0.2, 0) is 9.63 Å². The highest BCUT2D eigenvalue weighted by molar-refractivity contribution is 5.94. The van der Waals surface area contributed by atoms with E-state index in [1.807, 2.05) is 6.07 Å². The van der Waals surface area contributed by atoms with Gasteiger partial charge in [-0.15, -0.1) is 0 Å². The predicted octanol–water partition coefficient (Wildman–Crippen LogP) is 3.55. The van der Waals surface area contributed by atoms with Crippen LogP contribution >= 0.6 is 0 Å². The van der Waals surface area contributed by atoms with Gasteiger partial charge in [0.1, 0.15) is 0 Å². The first kappa shape index (κ1) is 20.6. The highest BCUT2D eigenvalue weighted by Gasteiger charge is 2.15. The summed E-state index contributed by atoms with van der Waals surface area (Å²) in [7, 11) is 1.32. The highest BCUT2D eigenvalue weighted by atomic mass is 19.3. The molecule has 2 aromatic carbocycles. The number of nitriles is 1. The third kappa shape index (κ3) is 5.95. The van der Waals surface area contributed by atoms with E-state index < -0.39 is 18.6 Å². The summed E-state index contributed by atoms with van der Waals surface area (Å²) >= 11 is 0. The van der Waals surface area contributed by atoms with Gasteiger partial charge in [-0.1, -0.05) is 11.2 Å². The number of rotatable bonds is 8. The zero-order valence-corrected chi connectivity index (χ0v) is 15.1. The molecule has 0 fully saturated rings. The molecule has 1 unspecified atom stereocenters. The van der Waals surface area contributed by atoms with Crippen LogP contribution in [0.15, 0.2) is 47.6 Å². The lowest BCUT2D eigenvalue weighted by molar-refractivity contribution is -0.126. The van der Waals surface area contributed by atoms with Gasteiger partial charge in [0.2, 0.25) is 6.10 Å². The topological polar surface area (TPSA) is 92.9 Å². The van der Waals surface area contributed by atoms with Crippen LogP contribution in [0.2, 0.25) is 0 Å². The fraction of sp³-hybridized carbons (Fsp3) is 0.211. The van der Waals surface area contributed by atoms with Crippen LogP contribution in [-0.4, -0.2) is 31.9 Å². The second kappa shape index (κ2) is 9.87. The Bertz CT molecular complexity index is 897. The first-order valence-electron chi connectivity index (χ1n) is 8.06. The Balaban J connectivity index is 1.95. The Labute approximate surface area is 160 Å². The Hall–Kier alpha value is -3.67. The lowest BCUT2D eigenvalue weighted by atomic mass is 10.2. The largest absolute Gasteiger partial charge is 0.493 e. The quantitative estimate of drug-likeness (QED) is 0.551. The van der Waals surface area contributed by atoms with Crippen molar-refractivity contribution in [3.8, 4) is 17.6 Å². The molecule has 0 saturated heterocycles. The van der Waals surface area contributed by atoms with Crippen molar-refractivity contribution in [1.29, 1.82) is 5.26 Å². The smallest absolute Gasteiger partial charge is 0.387 e. The summed E-state index contributed by atoms with van der Waals surface area (Å²) < 4.78 is 34.0. The van der Waals surface area contributed by atoms with Gasteiger partial charge in [-0.05, 0) is 43.3 Å². The molecule has 0 aliphatic heterocycles. The fourth-order valence-corrected chi connectivity index (χ4v) is 2.10. The number of alkyl halides is 2. The average Bonchev–Trinajstić information content (AvgIpc) is 2.68. The average molecular weight is 389 g/mol. The van der Waals surface area contributed by atoms with Crippen LogP contribution in [0, 0.1) is 11.3 Å². The van der Waals surface area contributed by atoms with Gasteiger partial charge in [0.05, 0.1) is 25.0 Å². The molecule has 9 heteroatoms. The second-order valence-corrected chi connectivity index (χ2v) is 5.45. The van der Waals surface area contributed by atoms with Crippen molar-refractivity contribution in [3.05, 3.63) is 53.6 Å². The van der Waals surface area contributed by atoms with Crippen LogP contribution in [0.3, 0.4) is 0 Å². The number of anilines is 1. The maximum absolute atomic E-state index is 12.3. The predicted molar refractivity (Wildman–Crippen MR) is 97.6 cm³/mol. The summed E-state index contributed by atoms with van der Waals surface area (Å²) in [6.07, 6.45) is 0.389. The van der Waals surface area contributed by atoms with Crippen LogP contribution in [0.5, 0.6) is 11.5 Å². The number of carbonyl (C=O) groups is 1. The summed E-state index contributed by atoms with van der Waals surface area (Å²) in [6.45, 7) is -1.47. The van der Waals surface area contributed by atoms with Crippen molar-refractivity contribution >= 4 is 17.8 Å². The molecule has 0 aromatic heterocycles. The highest BCUT2D eigenvalue weighted by Crippen LogP contribution is 2.28. The zero-order valence-electron chi connectivity index (χ0n) is 15.1. The molecule has 0 aliphatic carbocycles. The number of hydrogen-bond acceptors (Lipinski definition) is 6. The number of halogens is 2. The Morgan fingerprint density at radius 2 is 2.04 bits per heavy atom. The molecule has 0 spiro atoms. The fourth-order valence-electron chi connectivity index (χ4n) is 2.10. The van der Waals surface area contributed by atoms with E-state index in [-0.39, 0.29) is 11.5 Å². The summed E-state index contributed by atoms with van der Waals surface area (Å²) in [5, 5.41) is 15.2. The normalized spacial score (nSPS) is 11.7. The first-order valence-corrected chi connectivity index (χ1v) is 8.06. The Morgan fingerprint density at radius 3 is 2.71 bits per heavy atom. The number of ether oxygens (including phenoxy) is 2. The summed E-state index contributed by atoms with van der Waals surface area (Å²) in [4.78, 5) is 17.2. The minimum atomic E-state index is -2.97. The molecule has 146 valence electrons. The summed E-state index contributed by atoms with van der Waals surface area (Å²) in [5.74, 6) is -0.458. The molecule has 0 radical (unpaired) electrons. The molecular weight excluding hydrogens is 372 g/mol. The van der Waals surface area contributed by atoms with Gasteiger partial charge in [-0.2, -0.15) is 14.0 Å². The van der Waals surface area contributed by atoms with Crippen molar-refractivity contribution in [2.45, 2.75) is 19.6 Å². The number of methoxy groups -OCH3 is 1. The van der Waals surface area contributed by atoms with Crippen molar-refractivity contribution in [3.63, 3.8) is 0 Å². The minimum Gasteiger partial charge on any atom is -0.493 e. The molecule has 28 heavy (non-hydrogen) atoms. The zero-order chi connectivity index (χ0) is 20.5. The number of benzene rings is 2. The molecule has 7 nitrogen and oxygen atoms in total. The van der Waals surface area contributed by atoms with Crippen LogP contribution in [0.4, 0.5) is 14.5 Å². The van der Waals surface area contributed by atoms with E-state index >= 15 is 0 Å². The molecule has 2 rings (SSSR count). The molecule has 1 atom stereocenters. The molecule has 2 aromatic rings. The standard InChI is InChI=1S/C19H17F2N3O4/c1-12(18(25)24-15-5-3-4-13(8-15)10-22)28-23-11-14-6-7-16(27-19(20)21)17(9-14)26-2/h3-9,11-12,19H,1-2H3,(H,24,25)/b23-11+. The number of carbonyl (C=O) groups excluding carboxylic acids is 1. The molecule has 0 bridgehead atoms. The third-order valence-corrected chi connectivity index (χ3v) is 3.45. The lowest BCUT2D eigenvalue weighted by Crippen LogP contribution is -2.26. The molecular formula is C19H17F2N3O4. The van der Waals surface area contributed by atoms with Gasteiger partial charge in [-0.3, -0.25) is 4.79 Å².